The Morgan fingerprint density at radius 2 is 1.48 bits per heavy atom. The summed E-state index contributed by atoms with van der Waals surface area (Å²) in [6.45, 7) is 6.51. The second-order valence-electron chi connectivity index (χ2n) is 7.01. The summed E-state index contributed by atoms with van der Waals surface area (Å²) in [7, 11) is 0. The molecule has 1 heterocycles. The van der Waals surface area contributed by atoms with Crippen molar-refractivity contribution >= 4 is 17.7 Å². The predicted molar refractivity (Wildman–Crippen MR) is 112 cm³/mol. The lowest BCUT2D eigenvalue weighted by atomic mass is 10.1. The number of nitrogens with zero attached hydrogens (tertiary/aromatic N) is 2. The highest BCUT2D eigenvalue weighted by atomic mass is 16.2. The third-order valence-corrected chi connectivity index (χ3v) is 5.37. The van der Waals surface area contributed by atoms with E-state index in [2.05, 4.69) is 36.2 Å². The Morgan fingerprint density at radius 3 is 2.03 bits per heavy atom. The molecule has 0 saturated carbocycles. The molecule has 1 N–H and O–H groups in total. The van der Waals surface area contributed by atoms with Gasteiger partial charge in [-0.1, -0.05) is 56.3 Å². The summed E-state index contributed by atoms with van der Waals surface area (Å²) in [5, 5.41) is 2.98. The normalized spacial score (nSPS) is 14.2. The van der Waals surface area contributed by atoms with Crippen LogP contribution < -0.4 is 5.32 Å². The summed E-state index contributed by atoms with van der Waals surface area (Å²) in [5.41, 5.74) is 1.96. The van der Waals surface area contributed by atoms with Crippen LogP contribution in [0.2, 0.25) is 0 Å². The Bertz CT molecular complexity index is 843. The van der Waals surface area contributed by atoms with Gasteiger partial charge in [-0.25, -0.2) is 0 Å². The van der Waals surface area contributed by atoms with Crippen LogP contribution in [0.1, 0.15) is 52.6 Å². The quantitative estimate of drug-likeness (QED) is 0.665. The van der Waals surface area contributed by atoms with E-state index in [-0.39, 0.29) is 36.7 Å². The minimum absolute atomic E-state index is 0.0782. The number of likely N-dealkylation sites (N-methyl/N-ethyl adjacent to an activating group) is 1. The number of rotatable bonds is 9. The Kier molecular flexibility index (Phi) is 6.77. The number of hydrogen-bond acceptors (Lipinski definition) is 4. The smallest absolute Gasteiger partial charge is 0.261 e. The number of carbonyl (C=O) groups is 3. The van der Waals surface area contributed by atoms with Gasteiger partial charge in [0.2, 0.25) is 5.91 Å². The predicted octanol–water partition coefficient (Wildman–Crippen LogP) is 2.87. The third-order valence-electron chi connectivity index (χ3n) is 5.37. The molecule has 3 amide bonds. The molecule has 1 aliphatic rings. The van der Waals surface area contributed by atoms with E-state index in [0.29, 0.717) is 17.7 Å². The van der Waals surface area contributed by atoms with Crippen LogP contribution in [0.15, 0.2) is 54.6 Å². The van der Waals surface area contributed by atoms with Gasteiger partial charge in [0.05, 0.1) is 17.2 Å². The van der Waals surface area contributed by atoms with E-state index in [4.69, 9.17) is 0 Å². The van der Waals surface area contributed by atoms with Gasteiger partial charge in [-0.05, 0) is 30.8 Å². The number of fused-ring (bicyclic) bond motifs is 1. The van der Waals surface area contributed by atoms with E-state index < -0.39 is 0 Å². The van der Waals surface area contributed by atoms with Crippen molar-refractivity contribution in [3.63, 3.8) is 0 Å². The second kappa shape index (κ2) is 9.47. The number of nitrogens with one attached hydrogen (secondary N) is 1. The summed E-state index contributed by atoms with van der Waals surface area (Å²) in [5.74, 6) is -0.831. The molecule has 2 aromatic rings. The van der Waals surface area contributed by atoms with Crippen LogP contribution in [0.25, 0.3) is 0 Å². The lowest BCUT2D eigenvalue weighted by molar-refractivity contribution is -0.121. The average Bonchev–Trinajstić information content (AvgIpc) is 3.00. The van der Waals surface area contributed by atoms with Gasteiger partial charge in [0, 0.05) is 19.5 Å². The molecule has 3 rings (SSSR count). The number of hydrogen-bond donors (Lipinski definition) is 1. The lowest BCUT2D eigenvalue weighted by Gasteiger charge is -2.30. The second-order valence-corrected chi connectivity index (χ2v) is 7.01. The molecule has 1 aliphatic heterocycles. The van der Waals surface area contributed by atoms with Crippen molar-refractivity contribution in [1.82, 2.24) is 15.1 Å². The fraction of sp³-hybridized carbons (Fsp3) is 0.348. The van der Waals surface area contributed by atoms with Crippen LogP contribution in [0.4, 0.5) is 0 Å². The van der Waals surface area contributed by atoms with Gasteiger partial charge in [0.25, 0.3) is 11.8 Å². The first-order valence-corrected chi connectivity index (χ1v) is 10.1. The first-order valence-electron chi connectivity index (χ1n) is 10.1. The molecule has 6 heteroatoms. The molecule has 0 saturated heterocycles. The van der Waals surface area contributed by atoms with Crippen LogP contribution in [0.3, 0.4) is 0 Å². The molecule has 0 fully saturated rings. The summed E-state index contributed by atoms with van der Waals surface area (Å²) < 4.78 is 0. The lowest BCUT2D eigenvalue weighted by Crippen LogP contribution is -2.39. The van der Waals surface area contributed by atoms with Gasteiger partial charge in [-0.3, -0.25) is 24.2 Å². The Hall–Kier alpha value is -2.99. The standard InChI is InChI=1S/C23H27N3O3/c1-3-25(4-2)20(17-10-6-5-7-11-17)16-24-21(27)14-15-26-22(28)18-12-8-9-13-19(18)23(26)29/h5-13,20H,3-4,14-16H2,1-2H3,(H,24,27)/t20-/m1/s1. The van der Waals surface area contributed by atoms with E-state index >= 15 is 0 Å². The van der Waals surface area contributed by atoms with Crippen LogP contribution in [0, 0.1) is 0 Å². The van der Waals surface area contributed by atoms with Gasteiger partial charge in [0.15, 0.2) is 0 Å². The van der Waals surface area contributed by atoms with E-state index in [1.165, 1.54) is 0 Å². The van der Waals surface area contributed by atoms with Crippen LogP contribution in [-0.2, 0) is 4.79 Å². The van der Waals surface area contributed by atoms with E-state index in [0.717, 1.165) is 23.6 Å². The molecule has 152 valence electrons. The highest BCUT2D eigenvalue weighted by Gasteiger charge is 2.35. The van der Waals surface area contributed by atoms with Crippen molar-refractivity contribution in [1.29, 1.82) is 0 Å². The van der Waals surface area contributed by atoms with Crippen molar-refractivity contribution in [3.8, 4) is 0 Å². The molecule has 2 aromatic carbocycles. The molecule has 0 unspecified atom stereocenters. The Balaban J connectivity index is 1.58. The van der Waals surface area contributed by atoms with E-state index in [1.807, 2.05) is 18.2 Å². The zero-order valence-corrected chi connectivity index (χ0v) is 16.9. The maximum absolute atomic E-state index is 12.4. The topological polar surface area (TPSA) is 69.7 Å². The van der Waals surface area contributed by atoms with Gasteiger partial charge in [-0.2, -0.15) is 0 Å². The number of amides is 3. The van der Waals surface area contributed by atoms with Crippen molar-refractivity contribution in [2.75, 3.05) is 26.2 Å². The molecule has 1 atom stereocenters. The summed E-state index contributed by atoms with van der Waals surface area (Å²) in [6, 6.07) is 16.9. The molecule has 0 spiro atoms. The molecule has 0 aromatic heterocycles. The van der Waals surface area contributed by atoms with Crippen molar-refractivity contribution in [2.45, 2.75) is 26.3 Å². The highest BCUT2D eigenvalue weighted by Crippen LogP contribution is 2.23. The van der Waals surface area contributed by atoms with Gasteiger partial charge in [-0.15, -0.1) is 0 Å². The minimum atomic E-state index is -0.330. The first-order chi connectivity index (χ1) is 14.1. The molecule has 0 radical (unpaired) electrons. The highest BCUT2D eigenvalue weighted by molar-refractivity contribution is 6.21. The Morgan fingerprint density at radius 1 is 0.931 bits per heavy atom. The van der Waals surface area contributed by atoms with Gasteiger partial charge >= 0.3 is 0 Å². The maximum Gasteiger partial charge on any atom is 0.261 e. The van der Waals surface area contributed by atoms with Gasteiger partial charge in [0.1, 0.15) is 0 Å². The zero-order chi connectivity index (χ0) is 20.8. The van der Waals surface area contributed by atoms with Gasteiger partial charge < -0.3 is 5.32 Å². The fourth-order valence-electron chi connectivity index (χ4n) is 3.75. The molecule has 0 aliphatic carbocycles. The molecule has 0 bridgehead atoms. The van der Waals surface area contributed by atoms with Crippen molar-refractivity contribution in [3.05, 3.63) is 71.3 Å². The zero-order valence-electron chi connectivity index (χ0n) is 16.9. The van der Waals surface area contributed by atoms with Crippen LogP contribution in [0.5, 0.6) is 0 Å². The van der Waals surface area contributed by atoms with Crippen molar-refractivity contribution in [2.24, 2.45) is 0 Å². The van der Waals surface area contributed by atoms with Crippen LogP contribution >= 0.6 is 0 Å². The summed E-state index contributed by atoms with van der Waals surface area (Å²) in [6.07, 6.45) is 0.0885. The molecular formula is C23H27N3O3. The molecule has 29 heavy (non-hydrogen) atoms. The SMILES string of the molecule is CCN(CC)[C@H](CNC(=O)CCN1C(=O)c2ccccc2C1=O)c1ccccc1. The van der Waals surface area contributed by atoms with E-state index in [9.17, 15) is 14.4 Å². The summed E-state index contributed by atoms with van der Waals surface area (Å²) >= 11 is 0. The average molecular weight is 393 g/mol. The van der Waals surface area contributed by atoms with Crippen molar-refractivity contribution < 1.29 is 14.4 Å². The number of imide groups is 1. The number of carbonyl (C=O) groups excluding carboxylic acids is 3. The largest absolute Gasteiger partial charge is 0.354 e. The van der Waals surface area contributed by atoms with Crippen LogP contribution in [-0.4, -0.2) is 53.7 Å². The minimum Gasteiger partial charge on any atom is -0.354 e. The molecule has 6 nitrogen and oxygen atoms in total. The first kappa shape index (κ1) is 20.7. The fourth-order valence-corrected chi connectivity index (χ4v) is 3.75. The number of benzene rings is 2. The molecular weight excluding hydrogens is 366 g/mol. The Labute approximate surface area is 171 Å². The third kappa shape index (κ3) is 4.54. The van der Waals surface area contributed by atoms with E-state index in [1.54, 1.807) is 24.3 Å². The monoisotopic (exact) mass is 393 g/mol. The summed E-state index contributed by atoms with van der Waals surface area (Å²) in [4.78, 5) is 40.7. The maximum atomic E-state index is 12.4.